The van der Waals surface area contributed by atoms with Crippen LogP contribution in [-0.2, 0) is 24.4 Å². The van der Waals surface area contributed by atoms with E-state index >= 15 is 0 Å². The Bertz CT molecular complexity index is 1360. The van der Waals surface area contributed by atoms with E-state index in [2.05, 4.69) is 55.4 Å². The maximum absolute atomic E-state index is 13.1. The summed E-state index contributed by atoms with van der Waals surface area (Å²) in [7, 11) is 0. The van der Waals surface area contributed by atoms with Crippen molar-refractivity contribution in [1.82, 2.24) is 35.0 Å². The van der Waals surface area contributed by atoms with Crippen molar-refractivity contribution in [2.45, 2.75) is 33.5 Å². The summed E-state index contributed by atoms with van der Waals surface area (Å²) in [6, 6.07) is 16.4. The molecule has 3 heterocycles. The van der Waals surface area contributed by atoms with Gasteiger partial charge in [-0.15, -0.1) is 5.10 Å². The van der Waals surface area contributed by atoms with Crippen molar-refractivity contribution < 1.29 is 4.74 Å². The van der Waals surface area contributed by atoms with Crippen LogP contribution in [0.25, 0.3) is 10.9 Å². The third-order valence-corrected chi connectivity index (χ3v) is 6.77. The van der Waals surface area contributed by atoms with Crippen LogP contribution in [0.5, 0.6) is 0 Å². The molecule has 0 bridgehead atoms. The highest BCUT2D eigenvalue weighted by atomic mass is 16.5. The fraction of sp³-hybridized carbons (Fsp3) is 0.407. The normalized spacial score (nSPS) is 14.6. The predicted molar refractivity (Wildman–Crippen MR) is 139 cm³/mol. The van der Waals surface area contributed by atoms with E-state index in [1.165, 1.54) is 0 Å². The molecular weight excluding hydrogens is 454 g/mol. The first-order valence-electron chi connectivity index (χ1n) is 12.5. The van der Waals surface area contributed by atoms with Gasteiger partial charge < -0.3 is 9.72 Å². The number of benzene rings is 2. The van der Waals surface area contributed by atoms with E-state index in [0.717, 1.165) is 78.4 Å². The van der Waals surface area contributed by atoms with Gasteiger partial charge in [0.15, 0.2) is 5.82 Å². The summed E-state index contributed by atoms with van der Waals surface area (Å²) in [4.78, 5) is 20.8. The lowest BCUT2D eigenvalue weighted by atomic mass is 10.0. The molecule has 188 valence electrons. The molecule has 0 aliphatic carbocycles. The summed E-state index contributed by atoms with van der Waals surface area (Å²) in [5, 5.41) is 13.6. The van der Waals surface area contributed by atoms with Gasteiger partial charge in [0.05, 0.1) is 26.3 Å². The van der Waals surface area contributed by atoms with Crippen molar-refractivity contribution in [3.63, 3.8) is 0 Å². The molecule has 1 N–H and O–H groups in total. The topological polar surface area (TPSA) is 92.2 Å². The highest BCUT2D eigenvalue weighted by Crippen LogP contribution is 2.19. The molecule has 0 saturated carbocycles. The lowest BCUT2D eigenvalue weighted by Gasteiger charge is -2.29. The molecule has 2 aromatic heterocycles. The molecule has 1 aliphatic heterocycles. The minimum Gasteiger partial charge on any atom is -0.379 e. The van der Waals surface area contributed by atoms with Gasteiger partial charge in [-0.3, -0.25) is 14.6 Å². The van der Waals surface area contributed by atoms with Gasteiger partial charge >= 0.3 is 0 Å². The summed E-state index contributed by atoms with van der Waals surface area (Å²) in [5.41, 5.74) is 5.02. The molecule has 1 aliphatic rings. The predicted octanol–water partition coefficient (Wildman–Crippen LogP) is 2.51. The number of nitrogens with zero attached hydrogens (tertiary/aromatic N) is 6. The standard InChI is InChI=1S/C27H33N7O2/c1-20-14-21(2)24-16-23(27(35)28-25(24)15-20)18-33(9-8-32-10-12-36-13-11-32)19-26-29-30-31-34(26)17-22-6-4-3-5-7-22/h3-7,14-16H,8-13,17-19H2,1-2H3,(H,28,35). The van der Waals surface area contributed by atoms with Crippen LogP contribution in [0.3, 0.4) is 0 Å². The summed E-state index contributed by atoms with van der Waals surface area (Å²) in [5.74, 6) is 0.782. The molecule has 0 unspecified atom stereocenters. The number of fused-ring (bicyclic) bond motifs is 1. The number of aromatic nitrogens is 5. The summed E-state index contributed by atoms with van der Waals surface area (Å²) in [6.07, 6.45) is 0. The van der Waals surface area contributed by atoms with Crippen LogP contribution in [0.2, 0.25) is 0 Å². The van der Waals surface area contributed by atoms with E-state index in [1.54, 1.807) is 0 Å². The maximum atomic E-state index is 13.1. The van der Waals surface area contributed by atoms with Crippen LogP contribution >= 0.6 is 0 Å². The molecule has 0 atom stereocenters. The number of rotatable bonds is 9. The Balaban J connectivity index is 1.39. The molecule has 36 heavy (non-hydrogen) atoms. The zero-order valence-corrected chi connectivity index (χ0v) is 21.0. The Kier molecular flexibility index (Phi) is 7.50. The Morgan fingerprint density at radius 2 is 1.86 bits per heavy atom. The number of pyridine rings is 1. The average molecular weight is 488 g/mol. The average Bonchev–Trinajstić information content (AvgIpc) is 3.30. The first kappa shape index (κ1) is 24.3. The number of H-pyrrole nitrogens is 1. The van der Waals surface area contributed by atoms with E-state index in [9.17, 15) is 4.79 Å². The number of ether oxygens (including phenoxy) is 1. The molecule has 0 amide bonds. The molecule has 9 nitrogen and oxygen atoms in total. The number of hydrogen-bond donors (Lipinski definition) is 1. The van der Waals surface area contributed by atoms with Crippen LogP contribution in [0.1, 0.15) is 28.1 Å². The van der Waals surface area contributed by atoms with Gasteiger partial charge in [-0.2, -0.15) is 0 Å². The van der Waals surface area contributed by atoms with Crippen LogP contribution < -0.4 is 5.56 Å². The van der Waals surface area contributed by atoms with Crippen LogP contribution in [0.15, 0.2) is 53.3 Å². The van der Waals surface area contributed by atoms with E-state index in [0.29, 0.717) is 19.6 Å². The second-order valence-electron chi connectivity index (χ2n) is 9.57. The largest absolute Gasteiger partial charge is 0.379 e. The van der Waals surface area contributed by atoms with Gasteiger partial charge in [-0.1, -0.05) is 36.4 Å². The number of tetrazole rings is 1. The van der Waals surface area contributed by atoms with E-state index in [1.807, 2.05) is 41.9 Å². The van der Waals surface area contributed by atoms with Gasteiger partial charge in [0.1, 0.15) is 0 Å². The van der Waals surface area contributed by atoms with Crippen molar-refractivity contribution in [3.8, 4) is 0 Å². The Morgan fingerprint density at radius 1 is 1.06 bits per heavy atom. The Morgan fingerprint density at radius 3 is 2.67 bits per heavy atom. The SMILES string of the molecule is Cc1cc(C)c2cc(CN(CCN3CCOCC3)Cc3nnnn3Cc3ccccc3)c(=O)[nH]c2c1. The van der Waals surface area contributed by atoms with Crippen molar-refractivity contribution in [2.75, 3.05) is 39.4 Å². The van der Waals surface area contributed by atoms with Crippen LogP contribution in [0, 0.1) is 13.8 Å². The maximum Gasteiger partial charge on any atom is 0.252 e. The number of hydrogen-bond acceptors (Lipinski definition) is 7. The zero-order valence-electron chi connectivity index (χ0n) is 21.0. The van der Waals surface area contributed by atoms with E-state index in [4.69, 9.17) is 4.74 Å². The van der Waals surface area contributed by atoms with Crippen LogP contribution in [0.4, 0.5) is 0 Å². The summed E-state index contributed by atoms with van der Waals surface area (Å²) in [6.45, 7) is 10.9. The van der Waals surface area contributed by atoms with Crippen molar-refractivity contribution in [3.05, 3.63) is 87.0 Å². The number of nitrogens with one attached hydrogen (secondary N) is 1. The first-order chi connectivity index (χ1) is 17.5. The lowest BCUT2D eigenvalue weighted by molar-refractivity contribution is 0.0322. The van der Waals surface area contributed by atoms with Gasteiger partial charge in [-0.25, -0.2) is 4.68 Å². The fourth-order valence-electron chi connectivity index (χ4n) is 4.81. The molecule has 0 radical (unpaired) electrons. The second-order valence-corrected chi connectivity index (χ2v) is 9.57. The van der Waals surface area contributed by atoms with Gasteiger partial charge in [0.25, 0.3) is 5.56 Å². The Hall–Kier alpha value is -3.40. The van der Waals surface area contributed by atoms with E-state index < -0.39 is 0 Å². The lowest BCUT2D eigenvalue weighted by Crippen LogP contribution is -2.41. The van der Waals surface area contributed by atoms with Gasteiger partial charge in [-0.05, 0) is 53.1 Å². The first-order valence-corrected chi connectivity index (χ1v) is 12.5. The fourth-order valence-corrected chi connectivity index (χ4v) is 4.81. The smallest absolute Gasteiger partial charge is 0.252 e. The third-order valence-electron chi connectivity index (χ3n) is 6.77. The molecule has 9 heteroatoms. The molecule has 5 rings (SSSR count). The highest BCUT2D eigenvalue weighted by Gasteiger charge is 2.18. The zero-order chi connectivity index (χ0) is 24.9. The minimum absolute atomic E-state index is 0.0484. The highest BCUT2D eigenvalue weighted by molar-refractivity contribution is 5.83. The van der Waals surface area contributed by atoms with E-state index in [-0.39, 0.29) is 5.56 Å². The van der Waals surface area contributed by atoms with Gasteiger partial charge in [0.2, 0.25) is 0 Å². The summed E-state index contributed by atoms with van der Waals surface area (Å²) < 4.78 is 7.35. The molecule has 1 saturated heterocycles. The van der Waals surface area contributed by atoms with Gasteiger partial charge in [0, 0.05) is 49.2 Å². The number of morpholine rings is 1. The molecule has 4 aromatic rings. The quantitative estimate of drug-likeness (QED) is 0.388. The molecular formula is C27H33N7O2. The monoisotopic (exact) mass is 487 g/mol. The third kappa shape index (κ3) is 5.87. The van der Waals surface area contributed by atoms with Crippen LogP contribution in [-0.4, -0.2) is 74.4 Å². The number of aryl methyl sites for hydroxylation is 2. The second kappa shape index (κ2) is 11.1. The van der Waals surface area contributed by atoms with Crippen molar-refractivity contribution >= 4 is 10.9 Å². The van der Waals surface area contributed by atoms with Crippen molar-refractivity contribution in [2.24, 2.45) is 0 Å². The molecule has 0 spiro atoms. The number of aromatic amines is 1. The Labute approximate surface area is 210 Å². The minimum atomic E-state index is -0.0484. The molecule has 1 fully saturated rings. The molecule has 2 aromatic carbocycles. The summed E-state index contributed by atoms with van der Waals surface area (Å²) >= 11 is 0. The van der Waals surface area contributed by atoms with Crippen molar-refractivity contribution in [1.29, 1.82) is 0 Å².